The van der Waals surface area contributed by atoms with Gasteiger partial charge in [0.05, 0.1) is 7.11 Å². The van der Waals surface area contributed by atoms with Crippen LogP contribution >= 0.6 is 23.1 Å². The molecule has 1 aromatic rings. The number of methoxy groups -OCH3 is 1. The maximum absolute atomic E-state index is 11.7. The Balaban J connectivity index is 2.90. The molecule has 0 aromatic carbocycles. The predicted octanol–water partition coefficient (Wildman–Crippen LogP) is 3.00. The number of thiazole rings is 1. The van der Waals surface area contributed by atoms with Gasteiger partial charge in [-0.1, -0.05) is 23.1 Å². The van der Waals surface area contributed by atoms with E-state index >= 15 is 0 Å². The van der Waals surface area contributed by atoms with Crippen molar-refractivity contribution < 1.29 is 19.1 Å². The fourth-order valence-electron chi connectivity index (χ4n) is 1.10. The minimum atomic E-state index is -0.657. The highest BCUT2D eigenvalue weighted by atomic mass is 32.2. The van der Waals surface area contributed by atoms with E-state index in [2.05, 4.69) is 15.0 Å². The molecule has 1 aromatic heterocycles. The number of aromatic nitrogens is 1. The molecule has 8 heteroatoms. The molecule has 0 aliphatic rings. The minimum Gasteiger partial charge on any atom is -0.465 e. The molecular formula is C11H16N2O4S2. The Bertz CT molecular complexity index is 480. The van der Waals surface area contributed by atoms with Crippen LogP contribution in [0.4, 0.5) is 10.6 Å². The highest BCUT2D eigenvalue weighted by Gasteiger charge is 2.23. The second-order valence-electron chi connectivity index (χ2n) is 4.48. The van der Waals surface area contributed by atoms with Crippen molar-refractivity contribution in [2.45, 2.75) is 30.7 Å². The van der Waals surface area contributed by atoms with Gasteiger partial charge in [0.2, 0.25) is 0 Å². The van der Waals surface area contributed by atoms with E-state index in [4.69, 9.17) is 4.74 Å². The molecule has 0 aliphatic carbocycles. The van der Waals surface area contributed by atoms with E-state index in [9.17, 15) is 9.59 Å². The van der Waals surface area contributed by atoms with Crippen molar-refractivity contribution in [3.63, 3.8) is 0 Å². The Morgan fingerprint density at radius 2 is 2.00 bits per heavy atom. The fourth-order valence-corrected chi connectivity index (χ4v) is 2.54. The molecule has 1 amide bonds. The number of nitrogens with one attached hydrogen (secondary N) is 1. The summed E-state index contributed by atoms with van der Waals surface area (Å²) in [6, 6.07) is 0. The third-order valence-corrected chi connectivity index (χ3v) is 3.79. The van der Waals surface area contributed by atoms with E-state index in [1.807, 2.05) is 6.26 Å². The van der Waals surface area contributed by atoms with Gasteiger partial charge in [0.15, 0.2) is 15.0 Å². The van der Waals surface area contributed by atoms with Crippen LogP contribution in [0.5, 0.6) is 0 Å². The van der Waals surface area contributed by atoms with Crippen molar-refractivity contribution in [1.82, 2.24) is 4.98 Å². The number of hydrogen-bond donors (Lipinski definition) is 1. The van der Waals surface area contributed by atoms with Crippen LogP contribution in [-0.4, -0.2) is 36.0 Å². The predicted molar refractivity (Wildman–Crippen MR) is 75.1 cm³/mol. The first kappa shape index (κ1) is 15.8. The zero-order valence-electron chi connectivity index (χ0n) is 11.4. The van der Waals surface area contributed by atoms with Crippen molar-refractivity contribution >= 4 is 41.0 Å². The molecule has 1 rings (SSSR count). The quantitative estimate of drug-likeness (QED) is 0.683. The second kappa shape index (κ2) is 6.25. The van der Waals surface area contributed by atoms with Gasteiger partial charge in [0, 0.05) is 0 Å². The summed E-state index contributed by atoms with van der Waals surface area (Å²) in [6.07, 6.45) is 1.17. The van der Waals surface area contributed by atoms with Gasteiger partial charge in [0.1, 0.15) is 5.60 Å². The maximum atomic E-state index is 11.7. The number of carbonyl (C=O) groups excluding carboxylic acids is 2. The zero-order valence-corrected chi connectivity index (χ0v) is 13.0. The molecule has 0 saturated heterocycles. The largest absolute Gasteiger partial charge is 0.465 e. The number of ether oxygens (including phenoxy) is 2. The number of anilines is 1. The normalized spacial score (nSPS) is 11.0. The molecule has 1 heterocycles. The first-order chi connectivity index (χ1) is 8.76. The van der Waals surface area contributed by atoms with Crippen LogP contribution in [0.2, 0.25) is 0 Å². The summed E-state index contributed by atoms with van der Waals surface area (Å²) in [5.74, 6) is -0.376. The smallest absolute Gasteiger partial charge is 0.413 e. The standard InChI is InChI=1S/C11H16N2O4S2/c1-11(2,3)17-9(15)12-7-6(8(14)16-4)19-10(13-7)18-5/h1-5H3,(H,12,15). The van der Waals surface area contributed by atoms with Gasteiger partial charge in [-0.3, -0.25) is 5.32 Å². The van der Waals surface area contributed by atoms with Crippen molar-refractivity contribution in [2.75, 3.05) is 18.7 Å². The first-order valence-electron chi connectivity index (χ1n) is 5.40. The molecular weight excluding hydrogens is 288 g/mol. The molecule has 106 valence electrons. The highest BCUT2D eigenvalue weighted by Crippen LogP contribution is 2.30. The van der Waals surface area contributed by atoms with Crippen molar-refractivity contribution in [3.8, 4) is 0 Å². The molecule has 0 radical (unpaired) electrons. The van der Waals surface area contributed by atoms with Crippen LogP contribution in [0.25, 0.3) is 0 Å². The summed E-state index contributed by atoms with van der Waals surface area (Å²) in [7, 11) is 1.28. The Kier molecular flexibility index (Phi) is 5.19. The topological polar surface area (TPSA) is 77.5 Å². The van der Waals surface area contributed by atoms with E-state index in [0.717, 1.165) is 11.3 Å². The molecule has 0 spiro atoms. The monoisotopic (exact) mass is 304 g/mol. The number of thioether (sulfide) groups is 1. The summed E-state index contributed by atoms with van der Waals surface area (Å²) in [6.45, 7) is 5.26. The average Bonchev–Trinajstić information content (AvgIpc) is 2.68. The van der Waals surface area contributed by atoms with E-state index < -0.39 is 17.7 Å². The van der Waals surface area contributed by atoms with Gasteiger partial charge < -0.3 is 9.47 Å². The maximum Gasteiger partial charge on any atom is 0.413 e. The van der Waals surface area contributed by atoms with E-state index in [-0.39, 0.29) is 10.7 Å². The number of rotatable bonds is 3. The zero-order chi connectivity index (χ0) is 14.6. The SMILES string of the molecule is COC(=O)c1sc(SC)nc1NC(=O)OC(C)(C)C. The first-order valence-corrected chi connectivity index (χ1v) is 7.44. The van der Waals surface area contributed by atoms with E-state index in [0.29, 0.717) is 4.34 Å². The van der Waals surface area contributed by atoms with E-state index in [1.165, 1.54) is 18.9 Å². The summed E-state index contributed by atoms with van der Waals surface area (Å²) < 4.78 is 10.4. The molecule has 0 atom stereocenters. The fraction of sp³-hybridized carbons (Fsp3) is 0.545. The van der Waals surface area contributed by atoms with Gasteiger partial charge in [-0.2, -0.15) is 0 Å². The molecule has 6 nitrogen and oxygen atoms in total. The summed E-state index contributed by atoms with van der Waals surface area (Å²) >= 11 is 2.54. The van der Waals surface area contributed by atoms with Gasteiger partial charge in [-0.25, -0.2) is 14.6 Å². The van der Waals surface area contributed by atoms with E-state index in [1.54, 1.807) is 20.8 Å². The van der Waals surface area contributed by atoms with Crippen LogP contribution in [0.15, 0.2) is 4.34 Å². The molecule has 0 aliphatic heterocycles. The molecule has 1 N–H and O–H groups in total. The summed E-state index contributed by atoms with van der Waals surface area (Å²) in [5.41, 5.74) is -0.617. The highest BCUT2D eigenvalue weighted by molar-refractivity contribution is 8.00. The molecule has 19 heavy (non-hydrogen) atoms. The summed E-state index contributed by atoms with van der Waals surface area (Å²) in [4.78, 5) is 27.6. The number of amides is 1. The second-order valence-corrected chi connectivity index (χ2v) is 6.53. The Morgan fingerprint density at radius 1 is 1.37 bits per heavy atom. The Labute approximate surface area is 119 Å². The lowest BCUT2D eigenvalue weighted by atomic mass is 10.2. The number of hydrogen-bond acceptors (Lipinski definition) is 7. The molecule has 0 saturated carbocycles. The third-order valence-electron chi connectivity index (χ3n) is 1.77. The lowest BCUT2D eigenvalue weighted by Gasteiger charge is -2.19. The Morgan fingerprint density at radius 3 is 2.47 bits per heavy atom. The van der Waals surface area contributed by atoms with Crippen molar-refractivity contribution in [2.24, 2.45) is 0 Å². The third kappa shape index (κ3) is 4.71. The van der Waals surface area contributed by atoms with Gasteiger partial charge >= 0.3 is 12.1 Å². The average molecular weight is 304 g/mol. The number of esters is 1. The number of nitrogens with zero attached hydrogens (tertiary/aromatic N) is 1. The number of carbonyl (C=O) groups is 2. The lowest BCUT2D eigenvalue weighted by molar-refractivity contribution is 0.0607. The van der Waals surface area contributed by atoms with Crippen LogP contribution in [0.1, 0.15) is 30.4 Å². The van der Waals surface area contributed by atoms with Gasteiger partial charge in [-0.15, -0.1) is 0 Å². The van der Waals surface area contributed by atoms with Crippen LogP contribution < -0.4 is 5.32 Å². The minimum absolute atomic E-state index is 0.162. The van der Waals surface area contributed by atoms with Gasteiger partial charge in [0.25, 0.3) is 0 Å². The molecule has 0 unspecified atom stereocenters. The van der Waals surface area contributed by atoms with Crippen LogP contribution in [0, 0.1) is 0 Å². The van der Waals surface area contributed by atoms with Crippen LogP contribution in [0.3, 0.4) is 0 Å². The summed E-state index contributed by atoms with van der Waals surface area (Å²) in [5, 5.41) is 2.46. The molecule has 0 bridgehead atoms. The lowest BCUT2D eigenvalue weighted by Crippen LogP contribution is -2.27. The van der Waals surface area contributed by atoms with Crippen molar-refractivity contribution in [3.05, 3.63) is 4.88 Å². The Hall–Kier alpha value is -1.28. The van der Waals surface area contributed by atoms with Crippen molar-refractivity contribution in [1.29, 1.82) is 0 Å². The molecule has 0 fully saturated rings. The van der Waals surface area contributed by atoms with Crippen LogP contribution in [-0.2, 0) is 9.47 Å². The van der Waals surface area contributed by atoms with Gasteiger partial charge in [-0.05, 0) is 27.0 Å².